The third-order valence-electron chi connectivity index (χ3n) is 8.36. The number of rotatable bonds is 6. The van der Waals surface area contributed by atoms with E-state index in [9.17, 15) is 0 Å². The van der Waals surface area contributed by atoms with Gasteiger partial charge in [-0.1, -0.05) is 52.4 Å². The summed E-state index contributed by atoms with van der Waals surface area (Å²) in [6.45, 7) is 7.19. The Hall–Kier alpha value is -0.890. The van der Waals surface area contributed by atoms with E-state index in [-0.39, 0.29) is 0 Å². The van der Waals surface area contributed by atoms with Crippen LogP contribution in [0, 0.1) is 23.7 Å². The summed E-state index contributed by atoms with van der Waals surface area (Å²) >= 11 is 0. The average molecular weight is 413 g/mol. The molecule has 0 bridgehead atoms. The quantitative estimate of drug-likeness (QED) is 0.516. The first kappa shape index (κ1) is 23.8. The number of nitrogens with one attached hydrogen (secondary N) is 1. The highest BCUT2D eigenvalue weighted by atomic mass is 14.9. The highest BCUT2D eigenvalue weighted by Crippen LogP contribution is 2.38. The van der Waals surface area contributed by atoms with Crippen molar-refractivity contribution in [2.45, 2.75) is 110 Å². The molecule has 30 heavy (non-hydrogen) atoms. The Kier molecular flexibility index (Phi) is 10.7. The van der Waals surface area contributed by atoms with Crippen LogP contribution in [0.1, 0.15) is 115 Å². The molecule has 0 unspecified atom stereocenters. The average Bonchev–Trinajstić information content (AvgIpc) is 2.82. The molecule has 1 N–H and O–H groups in total. The molecule has 0 aromatic carbocycles. The fraction of sp³-hybridized carbons (Fsp3) is 0.821. The second-order valence-electron chi connectivity index (χ2n) is 10.4. The minimum absolute atomic E-state index is 0.807. The fourth-order valence-electron chi connectivity index (χ4n) is 6.50. The summed E-state index contributed by atoms with van der Waals surface area (Å²) in [5.74, 6) is 5.04. The predicted molar refractivity (Wildman–Crippen MR) is 130 cm³/mol. The Balaban J connectivity index is 0.000000171. The molecule has 170 valence electrons. The van der Waals surface area contributed by atoms with E-state index in [0.717, 1.165) is 29.6 Å². The van der Waals surface area contributed by atoms with E-state index in [2.05, 4.69) is 36.3 Å². The largest absolute Gasteiger partial charge is 0.317 e. The van der Waals surface area contributed by atoms with E-state index in [0.29, 0.717) is 0 Å². The lowest BCUT2D eigenvalue weighted by Crippen LogP contribution is -2.33. The van der Waals surface area contributed by atoms with Gasteiger partial charge < -0.3 is 5.32 Å². The van der Waals surface area contributed by atoms with Crippen molar-refractivity contribution in [1.29, 1.82) is 0 Å². The summed E-state index contributed by atoms with van der Waals surface area (Å²) in [6.07, 6.45) is 24.2. The molecule has 1 aromatic heterocycles. The number of hydrogen-bond donors (Lipinski definition) is 1. The lowest BCUT2D eigenvalue weighted by atomic mass is 9.72. The van der Waals surface area contributed by atoms with Gasteiger partial charge in [-0.25, -0.2) is 0 Å². The number of nitrogens with zero attached hydrogens (tertiary/aromatic N) is 1. The van der Waals surface area contributed by atoms with Crippen LogP contribution >= 0.6 is 0 Å². The fourth-order valence-corrected chi connectivity index (χ4v) is 6.50. The third-order valence-corrected chi connectivity index (χ3v) is 8.36. The van der Waals surface area contributed by atoms with E-state index in [1.54, 1.807) is 0 Å². The molecule has 2 saturated carbocycles. The van der Waals surface area contributed by atoms with Gasteiger partial charge in [-0.15, -0.1) is 0 Å². The molecule has 2 heterocycles. The van der Waals surface area contributed by atoms with E-state index < -0.39 is 0 Å². The van der Waals surface area contributed by atoms with Crippen LogP contribution in [0.4, 0.5) is 0 Å². The van der Waals surface area contributed by atoms with Crippen LogP contribution in [-0.4, -0.2) is 18.1 Å². The van der Waals surface area contributed by atoms with Gasteiger partial charge >= 0.3 is 0 Å². The van der Waals surface area contributed by atoms with Gasteiger partial charge in [0.2, 0.25) is 0 Å². The zero-order chi connectivity index (χ0) is 21.0. The summed E-state index contributed by atoms with van der Waals surface area (Å²) in [6, 6.07) is 4.37. The highest BCUT2D eigenvalue weighted by molar-refractivity contribution is 5.16. The van der Waals surface area contributed by atoms with E-state index in [4.69, 9.17) is 0 Å². The second kappa shape index (κ2) is 13.5. The molecule has 0 amide bonds. The van der Waals surface area contributed by atoms with Gasteiger partial charge in [-0.3, -0.25) is 4.98 Å². The van der Waals surface area contributed by atoms with Crippen LogP contribution < -0.4 is 5.32 Å². The molecular weight excluding hydrogens is 364 g/mol. The van der Waals surface area contributed by atoms with Gasteiger partial charge in [-0.05, 0) is 112 Å². The molecule has 2 aliphatic carbocycles. The van der Waals surface area contributed by atoms with Gasteiger partial charge in [0.05, 0.1) is 0 Å². The Morgan fingerprint density at radius 3 is 1.73 bits per heavy atom. The first-order valence-electron chi connectivity index (χ1n) is 13.4. The van der Waals surface area contributed by atoms with E-state index >= 15 is 0 Å². The van der Waals surface area contributed by atoms with Gasteiger partial charge in [0.25, 0.3) is 0 Å². The summed E-state index contributed by atoms with van der Waals surface area (Å²) in [5.41, 5.74) is 1.50. The molecule has 0 atom stereocenters. The monoisotopic (exact) mass is 412 g/mol. The van der Waals surface area contributed by atoms with Crippen molar-refractivity contribution < 1.29 is 0 Å². The summed E-state index contributed by atoms with van der Waals surface area (Å²) in [5, 5.41) is 3.48. The lowest BCUT2D eigenvalue weighted by Gasteiger charge is -2.36. The van der Waals surface area contributed by atoms with Crippen molar-refractivity contribution in [2.75, 3.05) is 13.1 Å². The molecule has 1 aliphatic heterocycles. The second-order valence-corrected chi connectivity index (χ2v) is 10.4. The molecule has 1 saturated heterocycles. The minimum atomic E-state index is 0.807. The van der Waals surface area contributed by atoms with Crippen molar-refractivity contribution in [2.24, 2.45) is 23.7 Å². The molecular formula is C28H48N2. The number of hydrogen-bond acceptors (Lipinski definition) is 2. The van der Waals surface area contributed by atoms with Gasteiger partial charge in [0.15, 0.2) is 0 Å². The van der Waals surface area contributed by atoms with E-state index in [1.807, 2.05) is 12.4 Å². The molecule has 2 heteroatoms. The zero-order valence-electron chi connectivity index (χ0n) is 20.0. The maximum absolute atomic E-state index is 4.08. The van der Waals surface area contributed by atoms with Crippen LogP contribution in [-0.2, 0) is 0 Å². The van der Waals surface area contributed by atoms with Crippen molar-refractivity contribution >= 4 is 0 Å². The molecule has 3 aliphatic rings. The first-order valence-corrected chi connectivity index (χ1v) is 13.4. The van der Waals surface area contributed by atoms with Crippen LogP contribution in [0.2, 0.25) is 0 Å². The van der Waals surface area contributed by atoms with Crippen LogP contribution in [0.3, 0.4) is 0 Å². The van der Waals surface area contributed by atoms with Crippen molar-refractivity contribution in [3.05, 3.63) is 30.1 Å². The molecule has 4 rings (SSSR count). The normalized spacial score (nSPS) is 30.3. The Labute approximate surface area is 187 Å². The highest BCUT2D eigenvalue weighted by Gasteiger charge is 2.28. The maximum Gasteiger partial charge on any atom is 0.0270 e. The SMILES string of the molecule is CCCC1CCC(C2CCNCC2)CC1.CCCC1CCC(c2ccncc2)CC1. The third kappa shape index (κ3) is 7.66. The number of aromatic nitrogens is 1. The lowest BCUT2D eigenvalue weighted by molar-refractivity contribution is 0.169. The Morgan fingerprint density at radius 1 is 0.700 bits per heavy atom. The molecule has 0 radical (unpaired) electrons. The Morgan fingerprint density at radius 2 is 1.20 bits per heavy atom. The molecule has 1 aromatic rings. The van der Waals surface area contributed by atoms with Crippen LogP contribution in [0.15, 0.2) is 24.5 Å². The van der Waals surface area contributed by atoms with Crippen LogP contribution in [0.25, 0.3) is 0 Å². The van der Waals surface area contributed by atoms with E-state index in [1.165, 1.54) is 109 Å². The van der Waals surface area contributed by atoms with Crippen molar-refractivity contribution in [3.63, 3.8) is 0 Å². The van der Waals surface area contributed by atoms with Gasteiger partial charge in [0, 0.05) is 12.4 Å². The zero-order valence-corrected chi connectivity index (χ0v) is 20.0. The Bertz CT molecular complexity index is 535. The molecule has 2 nitrogen and oxygen atoms in total. The van der Waals surface area contributed by atoms with Gasteiger partial charge in [0.1, 0.15) is 0 Å². The van der Waals surface area contributed by atoms with Gasteiger partial charge in [-0.2, -0.15) is 0 Å². The van der Waals surface area contributed by atoms with Crippen molar-refractivity contribution in [3.8, 4) is 0 Å². The predicted octanol–water partition coefficient (Wildman–Crippen LogP) is 7.75. The van der Waals surface area contributed by atoms with Crippen LogP contribution in [0.5, 0.6) is 0 Å². The number of piperidine rings is 1. The first-order chi connectivity index (χ1) is 14.8. The smallest absolute Gasteiger partial charge is 0.0270 e. The maximum atomic E-state index is 4.08. The summed E-state index contributed by atoms with van der Waals surface area (Å²) < 4.78 is 0. The minimum Gasteiger partial charge on any atom is -0.317 e. The summed E-state index contributed by atoms with van der Waals surface area (Å²) in [4.78, 5) is 4.08. The number of pyridine rings is 1. The molecule has 3 fully saturated rings. The standard InChI is InChI=1S/C14H27N.C14H21N/c2*1-2-3-12-4-6-13(7-5-12)14-8-10-15-11-9-14/h12-15H,2-11H2,1H3;8-13H,2-7H2,1H3. The van der Waals surface area contributed by atoms with Crippen molar-refractivity contribution in [1.82, 2.24) is 10.3 Å². The summed E-state index contributed by atoms with van der Waals surface area (Å²) in [7, 11) is 0. The molecule has 0 spiro atoms. The topological polar surface area (TPSA) is 24.9 Å².